The summed E-state index contributed by atoms with van der Waals surface area (Å²) in [7, 11) is 2.90. The van der Waals surface area contributed by atoms with Gasteiger partial charge in [0.15, 0.2) is 20.8 Å². The first-order valence-electron chi connectivity index (χ1n) is 5.39. The monoisotopic (exact) mass is 313 g/mol. The summed E-state index contributed by atoms with van der Waals surface area (Å²) >= 11 is 2.73. The Kier molecular flexibility index (Phi) is 4.40. The van der Waals surface area contributed by atoms with Crippen molar-refractivity contribution in [3.63, 3.8) is 0 Å². The highest BCUT2D eigenvalue weighted by Crippen LogP contribution is 2.41. The maximum Gasteiger partial charge on any atom is 0.283 e. The van der Waals surface area contributed by atoms with Crippen LogP contribution in [0.4, 0.5) is 5.69 Å². The molecule has 0 spiro atoms. The van der Waals surface area contributed by atoms with Gasteiger partial charge in [0.2, 0.25) is 0 Å². The highest BCUT2D eigenvalue weighted by Gasteiger charge is 2.23. The Hall–Kier alpha value is -1.87. The standard InChI is InChI=1S/C11H11N3O4S2/c1-17-8-4-6(10-12-13-11(19-3)20-10)7(14(15)16)5-9(8)18-2/h4-5H,1-3H3. The lowest BCUT2D eigenvalue weighted by Gasteiger charge is -2.08. The zero-order valence-electron chi connectivity index (χ0n) is 10.9. The van der Waals surface area contributed by atoms with Gasteiger partial charge in [-0.1, -0.05) is 23.1 Å². The van der Waals surface area contributed by atoms with Gasteiger partial charge >= 0.3 is 0 Å². The Morgan fingerprint density at radius 3 is 2.40 bits per heavy atom. The predicted molar refractivity (Wildman–Crippen MR) is 76.9 cm³/mol. The highest BCUT2D eigenvalue weighted by molar-refractivity contribution is 8.00. The number of ether oxygens (including phenoxy) is 2. The molecular formula is C11H11N3O4S2. The second-order valence-corrected chi connectivity index (χ2v) is 5.59. The van der Waals surface area contributed by atoms with Crippen molar-refractivity contribution >= 4 is 28.8 Å². The molecule has 0 aliphatic carbocycles. The normalized spacial score (nSPS) is 10.3. The van der Waals surface area contributed by atoms with Gasteiger partial charge in [-0.25, -0.2) is 0 Å². The quantitative estimate of drug-likeness (QED) is 0.476. The molecule has 106 valence electrons. The van der Waals surface area contributed by atoms with E-state index < -0.39 is 4.92 Å². The van der Waals surface area contributed by atoms with E-state index in [4.69, 9.17) is 9.47 Å². The Labute approximate surface area is 123 Å². The molecule has 0 amide bonds. The van der Waals surface area contributed by atoms with Crippen LogP contribution in [0.5, 0.6) is 11.5 Å². The van der Waals surface area contributed by atoms with E-state index >= 15 is 0 Å². The lowest BCUT2D eigenvalue weighted by molar-refractivity contribution is -0.384. The first-order valence-corrected chi connectivity index (χ1v) is 7.43. The third kappa shape index (κ3) is 2.68. The molecule has 2 aromatic rings. The first-order chi connectivity index (χ1) is 9.60. The lowest BCUT2D eigenvalue weighted by atomic mass is 10.1. The highest BCUT2D eigenvalue weighted by atomic mass is 32.2. The van der Waals surface area contributed by atoms with E-state index in [-0.39, 0.29) is 5.69 Å². The lowest BCUT2D eigenvalue weighted by Crippen LogP contribution is -1.96. The molecule has 0 aliphatic heterocycles. The number of hydrogen-bond acceptors (Lipinski definition) is 8. The summed E-state index contributed by atoms with van der Waals surface area (Å²) in [5, 5.41) is 19.6. The topological polar surface area (TPSA) is 87.4 Å². The number of thioether (sulfide) groups is 1. The summed E-state index contributed by atoms with van der Waals surface area (Å²) in [6, 6.07) is 2.87. The van der Waals surface area contributed by atoms with Crippen molar-refractivity contribution < 1.29 is 14.4 Å². The number of methoxy groups -OCH3 is 2. The van der Waals surface area contributed by atoms with Gasteiger partial charge in [-0.2, -0.15) is 0 Å². The van der Waals surface area contributed by atoms with Gasteiger partial charge in [-0.15, -0.1) is 10.2 Å². The summed E-state index contributed by atoms with van der Waals surface area (Å²) < 4.78 is 11.0. The van der Waals surface area contributed by atoms with E-state index in [0.29, 0.717) is 22.1 Å². The molecule has 0 atom stereocenters. The van der Waals surface area contributed by atoms with Crippen LogP contribution in [0.25, 0.3) is 10.6 Å². The minimum absolute atomic E-state index is 0.0912. The van der Waals surface area contributed by atoms with E-state index in [0.717, 1.165) is 4.34 Å². The summed E-state index contributed by atoms with van der Waals surface area (Å²) in [5.41, 5.74) is 0.275. The minimum atomic E-state index is -0.475. The third-order valence-electron chi connectivity index (χ3n) is 2.51. The van der Waals surface area contributed by atoms with Crippen LogP contribution in [0.3, 0.4) is 0 Å². The molecular weight excluding hydrogens is 302 g/mol. The van der Waals surface area contributed by atoms with Gasteiger partial charge in [-0.05, 0) is 6.26 Å². The van der Waals surface area contributed by atoms with Crippen LogP contribution < -0.4 is 9.47 Å². The average Bonchev–Trinajstić information content (AvgIpc) is 2.94. The molecule has 0 unspecified atom stereocenters. The van der Waals surface area contributed by atoms with Crippen molar-refractivity contribution in [2.45, 2.75) is 4.34 Å². The second-order valence-electron chi connectivity index (χ2n) is 3.56. The number of rotatable bonds is 5. The molecule has 2 rings (SSSR count). The van der Waals surface area contributed by atoms with E-state index in [2.05, 4.69) is 10.2 Å². The zero-order chi connectivity index (χ0) is 14.7. The maximum absolute atomic E-state index is 11.2. The van der Waals surface area contributed by atoms with Crippen molar-refractivity contribution in [2.24, 2.45) is 0 Å². The number of aromatic nitrogens is 2. The second kappa shape index (κ2) is 6.06. The van der Waals surface area contributed by atoms with Crippen LogP contribution in [0.2, 0.25) is 0 Å². The Balaban J connectivity index is 2.63. The Bertz CT molecular complexity index is 645. The number of nitro benzene ring substituents is 1. The smallest absolute Gasteiger partial charge is 0.283 e. The van der Waals surface area contributed by atoms with Crippen molar-refractivity contribution in [1.29, 1.82) is 0 Å². The molecule has 0 saturated heterocycles. The van der Waals surface area contributed by atoms with E-state index in [1.54, 1.807) is 6.07 Å². The maximum atomic E-state index is 11.2. The van der Waals surface area contributed by atoms with Gasteiger partial charge in [0.05, 0.1) is 30.8 Å². The van der Waals surface area contributed by atoms with Gasteiger partial charge in [0, 0.05) is 6.07 Å². The van der Waals surface area contributed by atoms with Crippen LogP contribution in [-0.2, 0) is 0 Å². The fraction of sp³-hybridized carbons (Fsp3) is 0.273. The molecule has 7 nitrogen and oxygen atoms in total. The molecule has 0 aliphatic rings. The number of benzene rings is 1. The minimum Gasteiger partial charge on any atom is -0.493 e. The molecule has 0 saturated carbocycles. The van der Waals surface area contributed by atoms with E-state index in [9.17, 15) is 10.1 Å². The summed E-state index contributed by atoms with van der Waals surface area (Å²) in [4.78, 5) is 10.7. The summed E-state index contributed by atoms with van der Waals surface area (Å²) in [6.07, 6.45) is 1.87. The van der Waals surface area contributed by atoms with Gasteiger partial charge in [0.1, 0.15) is 0 Å². The number of hydrogen-bond donors (Lipinski definition) is 0. The molecule has 20 heavy (non-hydrogen) atoms. The van der Waals surface area contributed by atoms with Gasteiger partial charge in [-0.3, -0.25) is 10.1 Å². The van der Waals surface area contributed by atoms with E-state index in [1.807, 2.05) is 6.26 Å². The molecule has 1 aromatic heterocycles. The molecule has 1 aromatic carbocycles. The van der Waals surface area contributed by atoms with Crippen molar-refractivity contribution in [3.8, 4) is 22.1 Å². The Morgan fingerprint density at radius 2 is 1.90 bits per heavy atom. The van der Waals surface area contributed by atoms with E-state index in [1.165, 1.54) is 43.4 Å². The van der Waals surface area contributed by atoms with Gasteiger partial charge < -0.3 is 9.47 Å². The summed E-state index contributed by atoms with van der Waals surface area (Å²) in [5.74, 6) is 0.714. The summed E-state index contributed by atoms with van der Waals surface area (Å²) in [6.45, 7) is 0. The number of nitro groups is 1. The molecule has 0 radical (unpaired) electrons. The fourth-order valence-electron chi connectivity index (χ4n) is 1.59. The third-order valence-corrected chi connectivity index (χ3v) is 4.44. The first kappa shape index (κ1) is 14.5. The zero-order valence-corrected chi connectivity index (χ0v) is 12.6. The number of nitrogens with zero attached hydrogens (tertiary/aromatic N) is 3. The van der Waals surface area contributed by atoms with Crippen LogP contribution in [0.1, 0.15) is 0 Å². The van der Waals surface area contributed by atoms with Crippen LogP contribution in [0, 0.1) is 10.1 Å². The molecule has 9 heteroatoms. The van der Waals surface area contributed by atoms with Gasteiger partial charge in [0.25, 0.3) is 5.69 Å². The molecule has 0 fully saturated rings. The molecule has 0 bridgehead atoms. The SMILES string of the molecule is COc1cc(-c2nnc(SC)s2)c([N+](=O)[O-])cc1OC. The van der Waals surface area contributed by atoms with Crippen LogP contribution in [-0.4, -0.2) is 35.6 Å². The van der Waals surface area contributed by atoms with Crippen LogP contribution in [0.15, 0.2) is 16.5 Å². The Morgan fingerprint density at radius 1 is 1.25 bits per heavy atom. The molecule has 0 N–H and O–H groups in total. The largest absolute Gasteiger partial charge is 0.493 e. The van der Waals surface area contributed by atoms with Crippen molar-refractivity contribution in [3.05, 3.63) is 22.2 Å². The van der Waals surface area contributed by atoms with Crippen molar-refractivity contribution in [1.82, 2.24) is 10.2 Å². The van der Waals surface area contributed by atoms with Crippen molar-refractivity contribution in [2.75, 3.05) is 20.5 Å². The van der Waals surface area contributed by atoms with Crippen LogP contribution >= 0.6 is 23.1 Å². The fourth-order valence-corrected chi connectivity index (χ4v) is 2.89. The molecule has 1 heterocycles. The predicted octanol–water partition coefficient (Wildman–Crippen LogP) is 2.85. The average molecular weight is 313 g/mol.